The van der Waals surface area contributed by atoms with Gasteiger partial charge in [0.2, 0.25) is 0 Å². The number of carbonyl (C=O) groups excluding carboxylic acids is 1. The van der Waals surface area contributed by atoms with Crippen molar-refractivity contribution < 1.29 is 9.69 Å². The number of rotatable bonds is 5. The van der Waals surface area contributed by atoms with E-state index in [1.807, 2.05) is 18.2 Å². The second kappa shape index (κ2) is 7.92. The number of aromatic nitrogens is 2. The zero-order chi connectivity index (χ0) is 18.6. The summed E-state index contributed by atoms with van der Waals surface area (Å²) in [6.07, 6.45) is 2.26. The molecule has 0 radical (unpaired) electrons. The minimum atomic E-state index is 0.121. The second-order valence-electron chi connectivity index (χ2n) is 7.62. The Hall–Kier alpha value is -2.66. The molecule has 140 valence electrons. The van der Waals surface area contributed by atoms with Gasteiger partial charge in [-0.1, -0.05) is 42.0 Å². The normalized spacial score (nSPS) is 19.9. The van der Waals surface area contributed by atoms with Crippen LogP contribution >= 0.6 is 0 Å². The molecule has 5 heteroatoms. The van der Waals surface area contributed by atoms with E-state index in [0.717, 1.165) is 48.4 Å². The third kappa shape index (κ3) is 4.37. The van der Waals surface area contributed by atoms with E-state index in [2.05, 4.69) is 47.6 Å². The van der Waals surface area contributed by atoms with E-state index in [0.29, 0.717) is 19.0 Å². The van der Waals surface area contributed by atoms with Crippen molar-refractivity contribution in [3.63, 3.8) is 0 Å². The summed E-state index contributed by atoms with van der Waals surface area (Å²) in [5.74, 6) is 1.58. The molecule has 2 atom stereocenters. The van der Waals surface area contributed by atoms with Crippen LogP contribution < -0.4 is 10.2 Å². The Morgan fingerprint density at radius 2 is 2.04 bits per heavy atom. The molecule has 0 saturated carbocycles. The van der Waals surface area contributed by atoms with Crippen LogP contribution in [0.2, 0.25) is 0 Å². The van der Waals surface area contributed by atoms with Gasteiger partial charge >= 0.3 is 0 Å². The van der Waals surface area contributed by atoms with Crippen molar-refractivity contribution in [1.82, 2.24) is 15.3 Å². The van der Waals surface area contributed by atoms with Gasteiger partial charge in [0, 0.05) is 6.54 Å². The molecule has 5 nitrogen and oxygen atoms in total. The molecule has 1 unspecified atom stereocenters. The first kappa shape index (κ1) is 17.7. The summed E-state index contributed by atoms with van der Waals surface area (Å²) in [7, 11) is 0. The zero-order valence-electron chi connectivity index (χ0n) is 15.8. The first-order valence-corrected chi connectivity index (χ1v) is 9.78. The van der Waals surface area contributed by atoms with Gasteiger partial charge in [0.1, 0.15) is 5.82 Å². The van der Waals surface area contributed by atoms with Crippen LogP contribution in [0.1, 0.15) is 35.7 Å². The summed E-state index contributed by atoms with van der Waals surface area (Å²) in [5, 5.41) is 3.06. The number of hydrogen-bond donors (Lipinski definition) is 3. The number of quaternary nitrogens is 1. The van der Waals surface area contributed by atoms with Gasteiger partial charge in [-0.15, -0.1) is 0 Å². The molecule has 0 bridgehead atoms. The third-order valence-corrected chi connectivity index (χ3v) is 5.43. The summed E-state index contributed by atoms with van der Waals surface area (Å²) in [6.45, 7) is 5.20. The van der Waals surface area contributed by atoms with Crippen LogP contribution in [0, 0.1) is 6.92 Å². The summed E-state index contributed by atoms with van der Waals surface area (Å²) in [4.78, 5) is 22.0. The predicted octanol–water partition coefficient (Wildman–Crippen LogP) is 1.95. The maximum atomic E-state index is 12.4. The number of para-hydroxylation sites is 2. The van der Waals surface area contributed by atoms with E-state index in [1.165, 1.54) is 10.5 Å². The molecule has 0 aliphatic carbocycles. The maximum absolute atomic E-state index is 12.4. The number of carbonyl (C=O) groups is 1. The minimum absolute atomic E-state index is 0.121. The van der Waals surface area contributed by atoms with Crippen molar-refractivity contribution >= 4 is 16.9 Å². The van der Waals surface area contributed by atoms with Gasteiger partial charge in [-0.25, -0.2) is 4.98 Å². The molecule has 1 fully saturated rings. The number of piperidine rings is 1. The number of imidazole rings is 1. The van der Waals surface area contributed by atoms with E-state index in [1.54, 1.807) is 0 Å². The maximum Gasteiger partial charge on any atom is 0.275 e. The fourth-order valence-corrected chi connectivity index (χ4v) is 3.91. The molecule has 2 aromatic carbocycles. The van der Waals surface area contributed by atoms with Crippen LogP contribution in [0.5, 0.6) is 0 Å². The first-order chi connectivity index (χ1) is 13.2. The molecule has 1 amide bonds. The molecule has 1 saturated heterocycles. The van der Waals surface area contributed by atoms with Gasteiger partial charge < -0.3 is 15.2 Å². The summed E-state index contributed by atoms with van der Waals surface area (Å²) < 4.78 is 0. The fourth-order valence-electron chi connectivity index (χ4n) is 3.91. The van der Waals surface area contributed by atoms with E-state index >= 15 is 0 Å². The molecule has 4 rings (SSSR count). The number of hydrogen-bond acceptors (Lipinski definition) is 2. The smallest absolute Gasteiger partial charge is 0.275 e. The highest BCUT2D eigenvalue weighted by Crippen LogP contribution is 2.21. The number of nitrogens with zero attached hydrogens (tertiary/aromatic N) is 1. The number of H-pyrrole nitrogens is 1. The molecule has 3 aromatic rings. The Bertz CT molecular complexity index is 882. The summed E-state index contributed by atoms with van der Waals surface area (Å²) >= 11 is 0. The highest BCUT2D eigenvalue weighted by atomic mass is 16.2. The Morgan fingerprint density at radius 1 is 1.22 bits per heavy atom. The average Bonchev–Trinajstić information content (AvgIpc) is 3.12. The van der Waals surface area contributed by atoms with Crippen molar-refractivity contribution in [2.45, 2.75) is 32.2 Å². The Kier molecular flexibility index (Phi) is 5.21. The second-order valence-corrected chi connectivity index (χ2v) is 7.62. The van der Waals surface area contributed by atoms with Crippen molar-refractivity contribution in [3.05, 3.63) is 65.5 Å². The van der Waals surface area contributed by atoms with E-state index in [9.17, 15) is 4.79 Å². The minimum Gasteiger partial charge on any atom is -0.347 e. The van der Waals surface area contributed by atoms with Crippen molar-refractivity contribution in [3.8, 4) is 0 Å². The van der Waals surface area contributed by atoms with Gasteiger partial charge in [-0.05, 0) is 37.5 Å². The topological polar surface area (TPSA) is 62.2 Å². The van der Waals surface area contributed by atoms with E-state index in [4.69, 9.17) is 4.98 Å². The molecule has 1 aromatic heterocycles. The molecule has 27 heavy (non-hydrogen) atoms. The number of aromatic amines is 1. The number of likely N-dealkylation sites (tertiary alicyclic amines) is 1. The third-order valence-electron chi connectivity index (χ3n) is 5.43. The van der Waals surface area contributed by atoms with Crippen LogP contribution in [0.15, 0.2) is 48.5 Å². The van der Waals surface area contributed by atoms with Gasteiger partial charge in [0.25, 0.3) is 5.91 Å². The Balaban J connectivity index is 1.32. The number of amides is 1. The SMILES string of the molecule is Cc1ccc(CNC(=O)C[NH+]2CCC[C@@H](c3nc4ccccc4[nH]3)C2)cc1. The monoisotopic (exact) mass is 363 g/mol. The number of aryl methyl sites for hydroxylation is 1. The van der Waals surface area contributed by atoms with Crippen molar-refractivity contribution in [1.29, 1.82) is 0 Å². The predicted molar refractivity (Wildman–Crippen MR) is 107 cm³/mol. The largest absolute Gasteiger partial charge is 0.347 e. The van der Waals surface area contributed by atoms with Gasteiger partial charge in [-0.3, -0.25) is 4.79 Å². The highest BCUT2D eigenvalue weighted by molar-refractivity contribution is 5.77. The number of fused-ring (bicyclic) bond motifs is 1. The standard InChI is InChI=1S/C22H26N4O/c1-16-8-10-17(11-9-16)13-23-21(27)15-26-12-4-5-18(14-26)22-24-19-6-2-3-7-20(19)25-22/h2-3,6-11,18H,4-5,12-15H2,1H3,(H,23,27)(H,24,25)/p+1/t18-/m1/s1. The lowest BCUT2D eigenvalue weighted by molar-refractivity contribution is -0.898. The quantitative estimate of drug-likeness (QED) is 0.649. The molecular weight excluding hydrogens is 336 g/mol. The van der Waals surface area contributed by atoms with Gasteiger partial charge in [-0.2, -0.15) is 0 Å². The fraction of sp³-hybridized carbons (Fsp3) is 0.364. The van der Waals surface area contributed by atoms with Gasteiger partial charge in [0.05, 0.1) is 30.0 Å². The van der Waals surface area contributed by atoms with Gasteiger partial charge in [0.15, 0.2) is 6.54 Å². The summed E-state index contributed by atoms with van der Waals surface area (Å²) in [6, 6.07) is 16.5. The zero-order valence-corrected chi connectivity index (χ0v) is 15.8. The molecule has 3 N–H and O–H groups in total. The van der Waals surface area contributed by atoms with Crippen molar-refractivity contribution in [2.75, 3.05) is 19.6 Å². The molecule has 0 spiro atoms. The summed E-state index contributed by atoms with van der Waals surface area (Å²) in [5.41, 5.74) is 4.49. The molecule has 2 heterocycles. The highest BCUT2D eigenvalue weighted by Gasteiger charge is 2.28. The van der Waals surface area contributed by atoms with Crippen LogP contribution in [0.25, 0.3) is 11.0 Å². The number of benzene rings is 2. The lowest BCUT2D eigenvalue weighted by atomic mass is 9.97. The van der Waals surface area contributed by atoms with Crippen LogP contribution in [-0.4, -0.2) is 35.5 Å². The van der Waals surface area contributed by atoms with Crippen molar-refractivity contribution in [2.24, 2.45) is 0 Å². The molecular formula is C22H27N4O+. The number of nitrogens with one attached hydrogen (secondary N) is 3. The lowest BCUT2D eigenvalue weighted by Crippen LogP contribution is -3.14. The van der Waals surface area contributed by atoms with Crippen LogP contribution in [-0.2, 0) is 11.3 Å². The Morgan fingerprint density at radius 3 is 2.85 bits per heavy atom. The molecule has 1 aliphatic heterocycles. The average molecular weight is 363 g/mol. The Labute approximate surface area is 159 Å². The van der Waals surface area contributed by atoms with Crippen LogP contribution in [0.4, 0.5) is 0 Å². The van der Waals surface area contributed by atoms with E-state index in [-0.39, 0.29) is 5.91 Å². The molecule has 1 aliphatic rings. The van der Waals surface area contributed by atoms with E-state index < -0.39 is 0 Å². The lowest BCUT2D eigenvalue weighted by Gasteiger charge is -2.28. The van der Waals surface area contributed by atoms with Crippen LogP contribution in [0.3, 0.4) is 0 Å². The first-order valence-electron chi connectivity index (χ1n) is 9.78.